The van der Waals surface area contributed by atoms with Crippen LogP contribution in [0.5, 0.6) is 0 Å². The highest BCUT2D eigenvalue weighted by Crippen LogP contribution is 2.62. The van der Waals surface area contributed by atoms with Crippen molar-refractivity contribution in [2.24, 2.45) is 0 Å². The highest BCUT2D eigenvalue weighted by molar-refractivity contribution is 6.27. The van der Waals surface area contributed by atoms with Gasteiger partial charge in [0.1, 0.15) is 0 Å². The Bertz CT molecular complexity index is 696. The van der Waals surface area contributed by atoms with Gasteiger partial charge in [0.05, 0.1) is 0 Å². The van der Waals surface area contributed by atoms with Gasteiger partial charge in [-0.05, 0) is 12.8 Å². The molecule has 0 saturated heterocycles. The zero-order chi connectivity index (χ0) is 25.5. The number of carbonyl (C=O) groups is 1. The van der Waals surface area contributed by atoms with E-state index in [0.717, 1.165) is 0 Å². The molecule has 0 aliphatic rings. The Hall–Kier alpha value is -1.55. The van der Waals surface area contributed by atoms with E-state index in [0.29, 0.717) is 0 Å². The molecule has 0 aliphatic heterocycles. The van der Waals surface area contributed by atoms with Crippen LogP contribution in [-0.2, 0) is 4.79 Å². The van der Waals surface area contributed by atoms with Gasteiger partial charge in [0, 0.05) is 17.5 Å². The highest BCUT2D eigenvalue weighted by atomic mass is 35.5. The Labute approximate surface area is 166 Å². The van der Waals surface area contributed by atoms with Crippen LogP contribution in [-0.4, -0.2) is 52.8 Å². The minimum absolute atomic E-state index is 0.223. The van der Waals surface area contributed by atoms with Crippen molar-refractivity contribution in [1.29, 1.82) is 0 Å². The van der Waals surface area contributed by atoms with E-state index < -0.39 is 72.5 Å². The van der Waals surface area contributed by atoms with Crippen molar-refractivity contribution in [1.82, 2.24) is 0 Å². The summed E-state index contributed by atoms with van der Waals surface area (Å²) >= 11 is 4.92. The van der Waals surface area contributed by atoms with Crippen molar-refractivity contribution in [3.8, 4) is 0 Å². The van der Waals surface area contributed by atoms with Gasteiger partial charge in [-0.1, -0.05) is 11.6 Å². The molecule has 0 atom stereocenters. The maximum absolute atomic E-state index is 13.5. The molecule has 31 heavy (non-hydrogen) atoms. The van der Waals surface area contributed by atoms with E-state index in [9.17, 15) is 70.7 Å². The topological polar surface area (TPSA) is 37.3 Å². The molecule has 0 aliphatic carbocycles. The molecule has 0 heterocycles. The van der Waals surface area contributed by atoms with Crippen LogP contribution in [0.3, 0.4) is 0 Å². The molecular weight excluding hydrogens is 509 g/mol. The van der Waals surface area contributed by atoms with Gasteiger partial charge < -0.3 is 5.11 Å². The van der Waals surface area contributed by atoms with Crippen LogP contribution >= 0.6 is 11.6 Å². The maximum Gasteiger partial charge on any atom is 0.460 e. The van der Waals surface area contributed by atoms with Gasteiger partial charge in [-0.3, -0.25) is 0 Å². The predicted molar refractivity (Wildman–Crippen MR) is 71.2 cm³/mol. The number of aliphatic carboxylic acids is 1. The fraction of sp³-hybridized carbons (Fsp3) is 0.769. The van der Waals surface area contributed by atoms with E-state index in [2.05, 4.69) is 0 Å². The first-order valence-electron chi connectivity index (χ1n) is 7.23. The lowest BCUT2D eigenvalue weighted by Crippen LogP contribution is -2.72. The Morgan fingerprint density at radius 3 is 1.35 bits per heavy atom. The van der Waals surface area contributed by atoms with Crippen molar-refractivity contribution in [3.63, 3.8) is 0 Å². The van der Waals surface area contributed by atoms with Gasteiger partial charge in [-0.2, -0.15) is 65.9 Å². The molecule has 0 fully saturated rings. The normalized spacial score (nSPS) is 15.9. The standard InChI is InChI=1S/C13H8ClF15O2/c14-4-5(6(30)31)2-1-3-7(15,16)8(17,18)9(19,20)10(21,22)11(23,24)12(25,26)13(27,28)29/h4H,1-3H2,(H,30,31). The lowest BCUT2D eigenvalue weighted by atomic mass is 9.89. The third kappa shape index (κ3) is 4.65. The summed E-state index contributed by atoms with van der Waals surface area (Å²) < 4.78 is 194. The fourth-order valence-corrected chi connectivity index (χ4v) is 2.07. The SMILES string of the molecule is O=C(O)C(=CCl)CCCC(F)(F)C(F)(F)C(F)(F)C(F)(F)C(F)(F)C(F)(F)C(F)(F)F. The van der Waals surface area contributed by atoms with Crippen LogP contribution in [0, 0.1) is 0 Å². The summed E-state index contributed by atoms with van der Waals surface area (Å²) in [6.45, 7) is 0. The van der Waals surface area contributed by atoms with E-state index in [1.165, 1.54) is 0 Å². The average Bonchev–Trinajstić information content (AvgIpc) is 2.56. The summed E-state index contributed by atoms with van der Waals surface area (Å²) in [6, 6.07) is 0. The smallest absolute Gasteiger partial charge is 0.460 e. The summed E-state index contributed by atoms with van der Waals surface area (Å²) in [7, 11) is 0. The number of hydrogen-bond acceptors (Lipinski definition) is 1. The molecule has 0 bridgehead atoms. The van der Waals surface area contributed by atoms with E-state index in [1.807, 2.05) is 0 Å². The Kier molecular flexibility index (Phi) is 8.00. The summed E-state index contributed by atoms with van der Waals surface area (Å²) in [6.07, 6.45) is -12.9. The lowest BCUT2D eigenvalue weighted by molar-refractivity contribution is -0.452. The second-order valence-corrected chi connectivity index (χ2v) is 6.09. The quantitative estimate of drug-likeness (QED) is 0.258. The van der Waals surface area contributed by atoms with Crippen molar-refractivity contribution in [2.45, 2.75) is 61.0 Å². The monoisotopic (exact) mass is 516 g/mol. The van der Waals surface area contributed by atoms with Crippen LogP contribution in [0.1, 0.15) is 19.3 Å². The molecule has 0 amide bonds. The second-order valence-electron chi connectivity index (χ2n) is 5.87. The second kappa shape index (κ2) is 8.42. The van der Waals surface area contributed by atoms with Gasteiger partial charge in [-0.15, -0.1) is 0 Å². The zero-order valence-corrected chi connectivity index (χ0v) is 14.9. The van der Waals surface area contributed by atoms with Crippen molar-refractivity contribution >= 4 is 17.6 Å². The molecule has 18 heteroatoms. The van der Waals surface area contributed by atoms with Crippen LogP contribution < -0.4 is 0 Å². The van der Waals surface area contributed by atoms with Crippen LogP contribution in [0.25, 0.3) is 0 Å². The van der Waals surface area contributed by atoms with Gasteiger partial charge in [0.2, 0.25) is 0 Å². The molecule has 2 nitrogen and oxygen atoms in total. The number of hydrogen-bond donors (Lipinski definition) is 1. The Balaban J connectivity index is 6.12. The Morgan fingerprint density at radius 1 is 0.677 bits per heavy atom. The molecule has 0 unspecified atom stereocenters. The predicted octanol–water partition coefficient (Wildman–Crippen LogP) is 6.74. The van der Waals surface area contributed by atoms with Gasteiger partial charge in [-0.25, -0.2) is 4.79 Å². The van der Waals surface area contributed by atoms with Crippen molar-refractivity contribution < 1.29 is 75.8 Å². The van der Waals surface area contributed by atoms with Crippen LogP contribution in [0.4, 0.5) is 65.9 Å². The van der Waals surface area contributed by atoms with E-state index in [4.69, 9.17) is 16.7 Å². The number of alkyl halides is 15. The molecule has 1 N–H and O–H groups in total. The summed E-state index contributed by atoms with van der Waals surface area (Å²) in [4.78, 5) is 10.5. The first-order valence-corrected chi connectivity index (χ1v) is 7.66. The average molecular weight is 517 g/mol. The number of rotatable bonds is 10. The van der Waals surface area contributed by atoms with E-state index >= 15 is 0 Å². The zero-order valence-electron chi connectivity index (χ0n) is 14.1. The summed E-state index contributed by atoms with van der Waals surface area (Å²) in [5, 5.41) is 8.48. The number of carboxylic acid groups (broad SMARTS) is 1. The maximum atomic E-state index is 13.5. The van der Waals surface area contributed by atoms with Crippen LogP contribution in [0.15, 0.2) is 11.1 Å². The third-order valence-electron chi connectivity index (χ3n) is 3.74. The molecule has 0 radical (unpaired) electrons. The molecule has 184 valence electrons. The molecule has 0 rings (SSSR count). The highest BCUT2D eigenvalue weighted by Gasteiger charge is 2.93. The summed E-state index contributed by atoms with van der Waals surface area (Å²) in [5.74, 6) is -48.7. The van der Waals surface area contributed by atoms with Crippen molar-refractivity contribution in [3.05, 3.63) is 11.1 Å². The largest absolute Gasteiger partial charge is 0.478 e. The number of halogens is 16. The first-order chi connectivity index (χ1) is 13.4. The molecular formula is C13H8ClF15O2. The third-order valence-corrected chi connectivity index (χ3v) is 4.00. The van der Waals surface area contributed by atoms with E-state index in [1.54, 1.807) is 0 Å². The molecule has 0 saturated carbocycles. The first kappa shape index (κ1) is 29.5. The van der Waals surface area contributed by atoms with Crippen molar-refractivity contribution in [2.75, 3.05) is 0 Å². The van der Waals surface area contributed by atoms with Crippen LogP contribution in [0.2, 0.25) is 0 Å². The van der Waals surface area contributed by atoms with E-state index in [-0.39, 0.29) is 5.54 Å². The molecule has 0 aromatic carbocycles. The summed E-state index contributed by atoms with van der Waals surface area (Å²) in [5.41, 5.74) is -0.740. The molecule has 0 aromatic rings. The Morgan fingerprint density at radius 2 is 1.03 bits per heavy atom. The van der Waals surface area contributed by atoms with Gasteiger partial charge >= 0.3 is 47.7 Å². The molecule has 0 spiro atoms. The van der Waals surface area contributed by atoms with Gasteiger partial charge in [0.15, 0.2) is 0 Å². The van der Waals surface area contributed by atoms with Gasteiger partial charge in [0.25, 0.3) is 0 Å². The molecule has 0 aromatic heterocycles. The fourth-order valence-electron chi connectivity index (χ4n) is 1.87. The minimum Gasteiger partial charge on any atom is -0.478 e. The lowest BCUT2D eigenvalue weighted by Gasteiger charge is -2.41. The minimum atomic E-state index is -8.34. The number of carboxylic acids is 1.